The van der Waals surface area contributed by atoms with E-state index in [1.54, 1.807) is 18.7 Å². The maximum absolute atomic E-state index is 12.3. The van der Waals surface area contributed by atoms with Crippen molar-refractivity contribution in [2.75, 3.05) is 33.2 Å². The fourth-order valence-corrected chi connectivity index (χ4v) is 3.04. The Hall–Kier alpha value is -1.45. The van der Waals surface area contributed by atoms with Crippen LogP contribution in [-0.4, -0.2) is 61.7 Å². The summed E-state index contributed by atoms with van der Waals surface area (Å²) in [5, 5.41) is 0. The third-order valence-electron chi connectivity index (χ3n) is 3.22. The average Bonchev–Trinajstić information content (AvgIpc) is 2.77. The molecular weight excluding hydrogens is 284 g/mol. The molecule has 112 valence electrons. The van der Waals surface area contributed by atoms with Gasteiger partial charge < -0.3 is 9.32 Å². The molecule has 1 aliphatic heterocycles. The van der Waals surface area contributed by atoms with Gasteiger partial charge >= 0.3 is 0 Å². The molecule has 20 heavy (non-hydrogen) atoms. The second kappa shape index (κ2) is 5.51. The van der Waals surface area contributed by atoms with Gasteiger partial charge in [-0.05, 0) is 6.92 Å². The summed E-state index contributed by atoms with van der Waals surface area (Å²) in [6.07, 6.45) is 0. The minimum Gasteiger partial charge on any atom is -0.436 e. The Balaban J connectivity index is 2.04. The summed E-state index contributed by atoms with van der Waals surface area (Å²) in [4.78, 5) is 17.9. The molecule has 1 saturated heterocycles. The van der Waals surface area contributed by atoms with Crippen LogP contribution in [0.15, 0.2) is 4.42 Å². The van der Waals surface area contributed by atoms with E-state index in [0.717, 1.165) is 0 Å². The lowest BCUT2D eigenvalue weighted by Gasteiger charge is -2.33. The molecule has 0 bridgehead atoms. The van der Waals surface area contributed by atoms with E-state index in [1.165, 1.54) is 11.4 Å². The number of aryl methyl sites for hydroxylation is 2. The third kappa shape index (κ3) is 2.84. The van der Waals surface area contributed by atoms with Gasteiger partial charge in [-0.15, -0.1) is 0 Å². The lowest BCUT2D eigenvalue weighted by molar-refractivity contribution is 0.0663. The van der Waals surface area contributed by atoms with Crippen molar-refractivity contribution in [2.45, 2.75) is 13.8 Å². The van der Waals surface area contributed by atoms with Crippen LogP contribution >= 0.6 is 0 Å². The first kappa shape index (κ1) is 14.9. The van der Waals surface area contributed by atoms with E-state index in [9.17, 15) is 13.2 Å². The molecule has 8 nitrogen and oxygen atoms in total. The van der Waals surface area contributed by atoms with Gasteiger partial charge in [-0.2, -0.15) is 12.7 Å². The minimum atomic E-state index is -3.43. The normalized spacial score (nSPS) is 17.4. The fraction of sp³-hybridized carbons (Fsp3) is 0.636. The zero-order valence-electron chi connectivity index (χ0n) is 11.7. The van der Waals surface area contributed by atoms with Gasteiger partial charge in [0.05, 0.1) is 5.69 Å². The van der Waals surface area contributed by atoms with Gasteiger partial charge in [0.1, 0.15) is 0 Å². The van der Waals surface area contributed by atoms with Crippen molar-refractivity contribution in [3.05, 3.63) is 17.3 Å². The zero-order valence-corrected chi connectivity index (χ0v) is 12.5. The molecule has 0 radical (unpaired) electrons. The smallest absolute Gasteiger partial charge is 0.291 e. The molecule has 2 rings (SSSR count). The summed E-state index contributed by atoms with van der Waals surface area (Å²) in [7, 11) is -2.06. The summed E-state index contributed by atoms with van der Waals surface area (Å²) in [6, 6.07) is 0. The molecule has 0 atom stereocenters. The average molecular weight is 302 g/mol. The number of hydrogen-bond acceptors (Lipinski definition) is 5. The third-order valence-corrected chi connectivity index (χ3v) is 4.78. The van der Waals surface area contributed by atoms with E-state index in [1.807, 2.05) is 0 Å². The van der Waals surface area contributed by atoms with Crippen molar-refractivity contribution in [1.29, 1.82) is 0 Å². The van der Waals surface area contributed by atoms with Gasteiger partial charge in [-0.3, -0.25) is 4.79 Å². The molecule has 2 heterocycles. The molecule has 0 aliphatic carbocycles. The van der Waals surface area contributed by atoms with Crippen LogP contribution in [0.2, 0.25) is 0 Å². The Kier molecular flexibility index (Phi) is 4.11. The number of rotatable bonds is 3. The van der Waals surface area contributed by atoms with Gasteiger partial charge in [0, 0.05) is 40.2 Å². The molecular formula is C11H18N4O4S. The Bertz CT molecular complexity index is 602. The largest absolute Gasteiger partial charge is 0.436 e. The van der Waals surface area contributed by atoms with Crippen molar-refractivity contribution in [3.63, 3.8) is 0 Å². The molecule has 1 amide bonds. The van der Waals surface area contributed by atoms with Gasteiger partial charge in [-0.25, -0.2) is 9.71 Å². The number of oxazole rings is 1. The van der Waals surface area contributed by atoms with Crippen LogP contribution in [-0.2, 0) is 10.2 Å². The lowest BCUT2D eigenvalue weighted by atomic mass is 10.3. The maximum Gasteiger partial charge on any atom is 0.291 e. The van der Waals surface area contributed by atoms with Gasteiger partial charge in [0.15, 0.2) is 5.89 Å². The van der Waals surface area contributed by atoms with Crippen LogP contribution in [0, 0.1) is 13.8 Å². The first-order valence-electron chi connectivity index (χ1n) is 6.27. The molecule has 0 spiro atoms. The minimum absolute atomic E-state index is 0.229. The Morgan fingerprint density at radius 2 is 1.85 bits per heavy atom. The predicted molar refractivity (Wildman–Crippen MR) is 71.4 cm³/mol. The molecule has 1 aromatic rings. The maximum atomic E-state index is 12.3. The van der Waals surface area contributed by atoms with Crippen molar-refractivity contribution >= 4 is 16.1 Å². The van der Waals surface area contributed by atoms with Crippen LogP contribution < -0.4 is 4.72 Å². The number of nitrogens with one attached hydrogen (secondary N) is 1. The molecule has 0 aromatic carbocycles. The molecule has 9 heteroatoms. The first-order valence-corrected chi connectivity index (χ1v) is 7.71. The highest BCUT2D eigenvalue weighted by Gasteiger charge is 2.30. The van der Waals surface area contributed by atoms with E-state index in [2.05, 4.69) is 9.71 Å². The van der Waals surface area contributed by atoms with E-state index >= 15 is 0 Å². The number of carbonyl (C=O) groups excluding carboxylic acids is 1. The monoisotopic (exact) mass is 302 g/mol. The summed E-state index contributed by atoms with van der Waals surface area (Å²) in [6.45, 7) is 4.59. The van der Waals surface area contributed by atoms with Crippen LogP contribution in [0.4, 0.5) is 0 Å². The van der Waals surface area contributed by atoms with E-state index in [0.29, 0.717) is 24.7 Å². The van der Waals surface area contributed by atoms with Crippen LogP contribution in [0.25, 0.3) is 0 Å². The van der Waals surface area contributed by atoms with Crippen LogP contribution in [0.1, 0.15) is 22.1 Å². The lowest BCUT2D eigenvalue weighted by Crippen LogP contribution is -2.52. The van der Waals surface area contributed by atoms with Crippen molar-refractivity contribution in [3.8, 4) is 0 Å². The number of aromatic nitrogens is 1. The zero-order chi connectivity index (χ0) is 14.9. The molecule has 0 unspecified atom stereocenters. The van der Waals surface area contributed by atoms with Crippen LogP contribution in [0.5, 0.6) is 0 Å². The standard InChI is InChI=1S/C11H18N4O4S/c1-8-10(19-9(2)13-8)11(16)14-4-6-15(7-5-14)20(17,18)12-3/h12H,4-7H2,1-3H3. The number of hydrogen-bond donors (Lipinski definition) is 1. The summed E-state index contributed by atoms with van der Waals surface area (Å²) >= 11 is 0. The second-order valence-corrected chi connectivity index (χ2v) is 6.42. The molecule has 1 fully saturated rings. The van der Waals surface area contributed by atoms with Crippen molar-refractivity contribution in [1.82, 2.24) is 18.9 Å². The number of nitrogens with zero attached hydrogens (tertiary/aromatic N) is 3. The molecule has 1 aromatic heterocycles. The highest BCUT2D eigenvalue weighted by atomic mass is 32.2. The van der Waals surface area contributed by atoms with Crippen LogP contribution in [0.3, 0.4) is 0 Å². The molecule has 1 N–H and O–H groups in total. The summed E-state index contributed by atoms with van der Waals surface area (Å²) in [5.41, 5.74) is 0.553. The number of piperazine rings is 1. The van der Waals surface area contributed by atoms with Crippen molar-refractivity contribution < 1.29 is 17.6 Å². The Morgan fingerprint density at radius 3 is 2.30 bits per heavy atom. The second-order valence-electron chi connectivity index (χ2n) is 4.55. The summed E-state index contributed by atoms with van der Waals surface area (Å²) in [5.74, 6) is 0.430. The summed E-state index contributed by atoms with van der Waals surface area (Å²) < 4.78 is 32.2. The molecule has 1 aliphatic rings. The number of carbonyl (C=O) groups is 1. The predicted octanol–water partition coefficient (Wildman–Crippen LogP) is -0.487. The van der Waals surface area contributed by atoms with Gasteiger partial charge in [-0.1, -0.05) is 0 Å². The Labute approximate surface area is 117 Å². The Morgan fingerprint density at radius 1 is 1.25 bits per heavy atom. The molecule has 0 saturated carbocycles. The van der Waals surface area contributed by atoms with E-state index in [-0.39, 0.29) is 24.8 Å². The topological polar surface area (TPSA) is 95.8 Å². The number of amides is 1. The fourth-order valence-electron chi connectivity index (χ4n) is 2.13. The van der Waals surface area contributed by atoms with Gasteiger partial charge in [0.2, 0.25) is 5.76 Å². The highest BCUT2D eigenvalue weighted by Crippen LogP contribution is 2.14. The van der Waals surface area contributed by atoms with E-state index < -0.39 is 10.2 Å². The first-order chi connectivity index (χ1) is 9.35. The van der Waals surface area contributed by atoms with Crippen molar-refractivity contribution in [2.24, 2.45) is 0 Å². The highest BCUT2D eigenvalue weighted by molar-refractivity contribution is 7.87. The van der Waals surface area contributed by atoms with E-state index in [4.69, 9.17) is 4.42 Å². The SMILES string of the molecule is CNS(=O)(=O)N1CCN(C(=O)c2oc(C)nc2C)CC1. The van der Waals surface area contributed by atoms with Gasteiger partial charge in [0.25, 0.3) is 16.1 Å². The quantitative estimate of drug-likeness (QED) is 0.813.